The SMILES string of the molecule is CSCC[C@H](NC(=O)c1c(C)noc1C)c1nc2ccccc2[nH]1. The van der Waals surface area contributed by atoms with Gasteiger partial charge in [-0.3, -0.25) is 4.79 Å². The van der Waals surface area contributed by atoms with Crippen molar-refractivity contribution in [3.8, 4) is 0 Å². The first-order chi connectivity index (χ1) is 11.6. The van der Waals surface area contributed by atoms with Gasteiger partial charge in [-0.15, -0.1) is 0 Å². The predicted octanol–water partition coefficient (Wildman–Crippen LogP) is 3.39. The van der Waals surface area contributed by atoms with Crippen LogP contribution in [0.4, 0.5) is 0 Å². The third-order valence-corrected chi connectivity index (χ3v) is 4.56. The topological polar surface area (TPSA) is 83.8 Å². The molecule has 2 aromatic heterocycles. The van der Waals surface area contributed by atoms with E-state index in [0.29, 0.717) is 17.0 Å². The Kier molecular flexibility index (Phi) is 4.89. The summed E-state index contributed by atoms with van der Waals surface area (Å²) in [6, 6.07) is 7.66. The number of hydrogen-bond donors (Lipinski definition) is 2. The van der Waals surface area contributed by atoms with Crippen LogP contribution in [0.2, 0.25) is 0 Å². The molecule has 0 bridgehead atoms. The van der Waals surface area contributed by atoms with Crippen molar-refractivity contribution in [2.75, 3.05) is 12.0 Å². The number of carbonyl (C=O) groups excluding carboxylic acids is 1. The lowest BCUT2D eigenvalue weighted by Gasteiger charge is -2.16. The largest absolute Gasteiger partial charge is 0.361 e. The number of H-pyrrole nitrogens is 1. The molecule has 0 spiro atoms. The van der Waals surface area contributed by atoms with E-state index in [1.54, 1.807) is 25.6 Å². The summed E-state index contributed by atoms with van der Waals surface area (Å²) in [5.41, 5.74) is 2.96. The van der Waals surface area contributed by atoms with Crippen LogP contribution in [0, 0.1) is 13.8 Å². The van der Waals surface area contributed by atoms with E-state index >= 15 is 0 Å². The van der Waals surface area contributed by atoms with E-state index in [-0.39, 0.29) is 11.9 Å². The van der Waals surface area contributed by atoms with Crippen LogP contribution in [0.15, 0.2) is 28.8 Å². The zero-order chi connectivity index (χ0) is 17.1. The van der Waals surface area contributed by atoms with Gasteiger partial charge in [0.05, 0.1) is 22.8 Å². The standard InChI is InChI=1S/C17H20N4O2S/c1-10-15(11(2)23-21-10)17(22)20-14(8-9-24-3)16-18-12-6-4-5-7-13(12)19-16/h4-7,14H,8-9H2,1-3H3,(H,18,19)(H,20,22)/t14-/m0/s1. The summed E-state index contributed by atoms with van der Waals surface area (Å²) in [5, 5.41) is 6.92. The van der Waals surface area contributed by atoms with Crippen molar-refractivity contribution < 1.29 is 9.32 Å². The monoisotopic (exact) mass is 344 g/mol. The summed E-state index contributed by atoms with van der Waals surface area (Å²) >= 11 is 1.74. The molecule has 0 radical (unpaired) electrons. The van der Waals surface area contributed by atoms with Crippen molar-refractivity contribution in [3.05, 3.63) is 47.1 Å². The first-order valence-corrected chi connectivity index (χ1v) is 9.17. The van der Waals surface area contributed by atoms with Crippen LogP contribution in [0.25, 0.3) is 11.0 Å². The number of aryl methyl sites for hydroxylation is 2. The minimum atomic E-state index is -0.189. The second kappa shape index (κ2) is 7.09. The van der Waals surface area contributed by atoms with Crippen molar-refractivity contribution in [1.82, 2.24) is 20.4 Å². The second-order valence-corrected chi connectivity index (χ2v) is 6.63. The number of nitrogens with one attached hydrogen (secondary N) is 2. The van der Waals surface area contributed by atoms with Crippen LogP contribution in [-0.2, 0) is 0 Å². The van der Waals surface area contributed by atoms with Crippen LogP contribution in [0.1, 0.15) is 40.1 Å². The Hall–Kier alpha value is -2.28. The molecule has 0 saturated heterocycles. The highest BCUT2D eigenvalue weighted by Crippen LogP contribution is 2.21. The molecule has 2 heterocycles. The molecule has 1 amide bonds. The lowest BCUT2D eigenvalue weighted by Crippen LogP contribution is -2.30. The Bertz CT molecular complexity index is 803. The summed E-state index contributed by atoms with van der Waals surface area (Å²) in [6.07, 6.45) is 2.84. The van der Waals surface area contributed by atoms with E-state index in [4.69, 9.17) is 4.52 Å². The maximum absolute atomic E-state index is 12.6. The van der Waals surface area contributed by atoms with Gasteiger partial charge in [-0.2, -0.15) is 11.8 Å². The molecule has 2 N–H and O–H groups in total. The fourth-order valence-corrected chi connectivity index (χ4v) is 3.16. The van der Waals surface area contributed by atoms with Gasteiger partial charge in [0.2, 0.25) is 0 Å². The van der Waals surface area contributed by atoms with E-state index < -0.39 is 0 Å². The quantitative estimate of drug-likeness (QED) is 0.716. The number of imidazole rings is 1. The number of carbonyl (C=O) groups is 1. The lowest BCUT2D eigenvalue weighted by atomic mass is 10.1. The van der Waals surface area contributed by atoms with E-state index in [1.165, 1.54) is 0 Å². The average Bonchev–Trinajstić information content (AvgIpc) is 3.14. The third-order valence-electron chi connectivity index (χ3n) is 3.91. The van der Waals surface area contributed by atoms with Gasteiger partial charge in [-0.1, -0.05) is 17.3 Å². The maximum Gasteiger partial charge on any atom is 0.257 e. The minimum Gasteiger partial charge on any atom is -0.361 e. The molecular formula is C17H20N4O2S. The van der Waals surface area contributed by atoms with E-state index in [2.05, 4.69) is 20.4 Å². The molecule has 0 aliphatic carbocycles. The number of benzene rings is 1. The maximum atomic E-state index is 12.6. The number of amides is 1. The average molecular weight is 344 g/mol. The smallest absolute Gasteiger partial charge is 0.257 e. The van der Waals surface area contributed by atoms with Crippen molar-refractivity contribution in [2.45, 2.75) is 26.3 Å². The highest BCUT2D eigenvalue weighted by Gasteiger charge is 2.23. The number of aromatic nitrogens is 3. The number of fused-ring (bicyclic) bond motifs is 1. The van der Waals surface area contributed by atoms with Gasteiger partial charge in [0.25, 0.3) is 5.91 Å². The molecule has 1 atom stereocenters. The minimum absolute atomic E-state index is 0.183. The molecular weight excluding hydrogens is 324 g/mol. The summed E-state index contributed by atoms with van der Waals surface area (Å²) in [4.78, 5) is 20.6. The van der Waals surface area contributed by atoms with Crippen molar-refractivity contribution in [1.29, 1.82) is 0 Å². The van der Waals surface area contributed by atoms with Gasteiger partial charge in [0.1, 0.15) is 17.1 Å². The number of hydrogen-bond acceptors (Lipinski definition) is 5. The Morgan fingerprint density at radius 3 is 2.83 bits per heavy atom. The molecule has 7 heteroatoms. The molecule has 1 aromatic carbocycles. The molecule has 24 heavy (non-hydrogen) atoms. The Morgan fingerprint density at radius 2 is 2.17 bits per heavy atom. The summed E-state index contributed by atoms with van der Waals surface area (Å²) < 4.78 is 5.09. The Morgan fingerprint density at radius 1 is 1.38 bits per heavy atom. The fourth-order valence-electron chi connectivity index (χ4n) is 2.69. The highest BCUT2D eigenvalue weighted by atomic mass is 32.2. The van der Waals surface area contributed by atoms with Crippen molar-refractivity contribution >= 4 is 28.7 Å². The highest BCUT2D eigenvalue weighted by molar-refractivity contribution is 7.98. The van der Waals surface area contributed by atoms with Gasteiger partial charge in [0.15, 0.2) is 0 Å². The zero-order valence-corrected chi connectivity index (χ0v) is 14.7. The third kappa shape index (κ3) is 3.31. The van der Waals surface area contributed by atoms with Crippen LogP contribution in [-0.4, -0.2) is 33.0 Å². The molecule has 6 nitrogen and oxygen atoms in total. The van der Waals surface area contributed by atoms with Crippen LogP contribution in [0.3, 0.4) is 0 Å². The number of rotatable bonds is 6. The number of nitrogens with zero attached hydrogens (tertiary/aromatic N) is 2. The van der Waals surface area contributed by atoms with Crippen LogP contribution < -0.4 is 5.32 Å². The molecule has 0 fully saturated rings. The van der Waals surface area contributed by atoms with Gasteiger partial charge in [0, 0.05) is 0 Å². The summed E-state index contributed by atoms with van der Waals surface area (Å²) in [7, 11) is 0. The first kappa shape index (κ1) is 16.6. The van der Waals surface area contributed by atoms with Gasteiger partial charge < -0.3 is 14.8 Å². The van der Waals surface area contributed by atoms with Crippen molar-refractivity contribution in [2.24, 2.45) is 0 Å². The van der Waals surface area contributed by atoms with Gasteiger partial charge >= 0.3 is 0 Å². The zero-order valence-electron chi connectivity index (χ0n) is 13.9. The molecule has 126 valence electrons. The molecule has 0 saturated carbocycles. The van der Waals surface area contributed by atoms with Crippen molar-refractivity contribution in [3.63, 3.8) is 0 Å². The summed E-state index contributed by atoms with van der Waals surface area (Å²) in [5.74, 6) is 2.03. The van der Waals surface area contributed by atoms with E-state index in [1.807, 2.05) is 30.5 Å². The number of aromatic amines is 1. The van der Waals surface area contributed by atoms with Gasteiger partial charge in [-0.25, -0.2) is 4.98 Å². The molecule has 3 rings (SSSR count). The first-order valence-electron chi connectivity index (χ1n) is 7.77. The summed E-state index contributed by atoms with van der Waals surface area (Å²) in [6.45, 7) is 3.51. The predicted molar refractivity (Wildman–Crippen MR) is 95.3 cm³/mol. The molecule has 0 unspecified atom stereocenters. The molecule has 3 aromatic rings. The molecule has 0 aliphatic heterocycles. The Labute approximate surface area is 144 Å². The fraction of sp³-hybridized carbons (Fsp3) is 0.353. The van der Waals surface area contributed by atoms with E-state index in [0.717, 1.165) is 29.0 Å². The number of para-hydroxylation sites is 2. The second-order valence-electron chi connectivity index (χ2n) is 5.65. The molecule has 0 aliphatic rings. The van der Waals surface area contributed by atoms with Gasteiger partial charge in [-0.05, 0) is 44.4 Å². The number of thioether (sulfide) groups is 1. The lowest BCUT2D eigenvalue weighted by molar-refractivity contribution is 0.0932. The van der Waals surface area contributed by atoms with E-state index in [9.17, 15) is 4.79 Å². The normalized spacial score (nSPS) is 12.5. The van der Waals surface area contributed by atoms with Crippen LogP contribution in [0.5, 0.6) is 0 Å². The van der Waals surface area contributed by atoms with Crippen LogP contribution >= 0.6 is 11.8 Å². The Balaban J connectivity index is 1.87.